The van der Waals surface area contributed by atoms with Crippen LogP contribution in [0.5, 0.6) is 0 Å². The average molecular weight is 272 g/mol. The minimum atomic E-state index is -0.573. The molecule has 94 valence electrons. The van der Waals surface area contributed by atoms with Crippen LogP contribution in [0.2, 0.25) is 0 Å². The van der Waals surface area contributed by atoms with Gasteiger partial charge in [0.25, 0.3) is 5.69 Å². The van der Waals surface area contributed by atoms with E-state index < -0.39 is 4.92 Å². The maximum Gasteiger partial charge on any atom is 0.287 e. The SMILES string of the molecule is Cc1ccnc(Sc2ccc([N+](=O)[O-])c(C#N)c2)n1. The van der Waals surface area contributed by atoms with Gasteiger partial charge in [-0.3, -0.25) is 10.1 Å². The lowest BCUT2D eigenvalue weighted by Gasteiger charge is -2.01. The Bertz CT molecular complexity index is 682. The number of nitriles is 1. The van der Waals surface area contributed by atoms with Gasteiger partial charge in [-0.05, 0) is 36.9 Å². The molecule has 0 atom stereocenters. The molecule has 19 heavy (non-hydrogen) atoms. The van der Waals surface area contributed by atoms with E-state index in [1.165, 1.54) is 23.9 Å². The van der Waals surface area contributed by atoms with Crippen LogP contribution >= 0.6 is 11.8 Å². The number of hydrogen-bond donors (Lipinski definition) is 0. The zero-order valence-corrected chi connectivity index (χ0v) is 10.7. The zero-order chi connectivity index (χ0) is 13.8. The number of nitrogens with zero attached hydrogens (tertiary/aromatic N) is 4. The first-order valence-corrected chi connectivity index (χ1v) is 6.08. The van der Waals surface area contributed by atoms with Gasteiger partial charge in [-0.1, -0.05) is 0 Å². The maximum absolute atomic E-state index is 10.7. The fraction of sp³-hybridized carbons (Fsp3) is 0.0833. The van der Waals surface area contributed by atoms with E-state index in [1.54, 1.807) is 18.3 Å². The fourth-order valence-electron chi connectivity index (χ4n) is 1.41. The highest BCUT2D eigenvalue weighted by Gasteiger charge is 2.14. The molecule has 0 unspecified atom stereocenters. The molecule has 7 heteroatoms. The van der Waals surface area contributed by atoms with Gasteiger partial charge in [-0.15, -0.1) is 0 Å². The van der Waals surface area contributed by atoms with Crippen molar-refractivity contribution >= 4 is 17.4 Å². The molecule has 0 N–H and O–H groups in total. The molecule has 2 rings (SSSR count). The van der Waals surface area contributed by atoms with Crippen molar-refractivity contribution in [2.75, 3.05) is 0 Å². The van der Waals surface area contributed by atoms with Crippen molar-refractivity contribution in [3.05, 3.63) is 51.8 Å². The molecule has 0 saturated heterocycles. The first-order valence-electron chi connectivity index (χ1n) is 5.26. The normalized spacial score (nSPS) is 9.89. The third-order valence-corrected chi connectivity index (χ3v) is 3.14. The summed E-state index contributed by atoms with van der Waals surface area (Å²) in [4.78, 5) is 19.1. The quantitative estimate of drug-likeness (QED) is 0.484. The van der Waals surface area contributed by atoms with E-state index in [4.69, 9.17) is 5.26 Å². The lowest BCUT2D eigenvalue weighted by Crippen LogP contribution is -1.93. The first kappa shape index (κ1) is 13.0. The minimum absolute atomic E-state index is 0.0302. The van der Waals surface area contributed by atoms with Crippen molar-refractivity contribution < 1.29 is 4.92 Å². The number of aromatic nitrogens is 2. The Labute approximate surface area is 113 Å². The second-order valence-electron chi connectivity index (χ2n) is 3.63. The maximum atomic E-state index is 10.7. The van der Waals surface area contributed by atoms with Crippen LogP contribution < -0.4 is 0 Å². The lowest BCUT2D eigenvalue weighted by atomic mass is 10.2. The van der Waals surface area contributed by atoms with E-state index >= 15 is 0 Å². The summed E-state index contributed by atoms with van der Waals surface area (Å²) >= 11 is 1.26. The third-order valence-electron chi connectivity index (χ3n) is 2.27. The van der Waals surface area contributed by atoms with Gasteiger partial charge in [0.1, 0.15) is 11.6 Å². The molecule has 6 nitrogen and oxygen atoms in total. The lowest BCUT2D eigenvalue weighted by molar-refractivity contribution is -0.385. The van der Waals surface area contributed by atoms with Crippen LogP contribution in [-0.4, -0.2) is 14.9 Å². The predicted octanol–water partition coefficient (Wildman–Crippen LogP) is 2.72. The van der Waals surface area contributed by atoms with Gasteiger partial charge in [0.05, 0.1) is 4.92 Å². The fourth-order valence-corrected chi connectivity index (χ4v) is 2.23. The van der Waals surface area contributed by atoms with Gasteiger partial charge < -0.3 is 0 Å². The van der Waals surface area contributed by atoms with Gasteiger partial charge in [0.15, 0.2) is 5.16 Å². The van der Waals surface area contributed by atoms with Crippen LogP contribution in [0.15, 0.2) is 40.5 Å². The highest BCUT2D eigenvalue weighted by molar-refractivity contribution is 7.99. The van der Waals surface area contributed by atoms with E-state index in [9.17, 15) is 10.1 Å². The molecule has 0 spiro atoms. The largest absolute Gasteiger partial charge is 0.287 e. The molecule has 0 saturated carbocycles. The third kappa shape index (κ3) is 3.05. The van der Waals surface area contributed by atoms with Gasteiger partial charge in [-0.25, -0.2) is 9.97 Å². The van der Waals surface area contributed by atoms with Gasteiger partial charge >= 0.3 is 0 Å². The van der Waals surface area contributed by atoms with Crippen LogP contribution in [0.1, 0.15) is 11.3 Å². The molecule has 2 aromatic rings. The molecule has 1 heterocycles. The second-order valence-corrected chi connectivity index (χ2v) is 4.67. The number of benzene rings is 1. The summed E-state index contributed by atoms with van der Waals surface area (Å²) in [5.41, 5.74) is 0.666. The molecule has 0 fully saturated rings. The van der Waals surface area contributed by atoms with Crippen molar-refractivity contribution in [2.24, 2.45) is 0 Å². The molecule has 0 aliphatic carbocycles. The topological polar surface area (TPSA) is 92.7 Å². The van der Waals surface area contributed by atoms with Gasteiger partial charge in [0.2, 0.25) is 0 Å². The summed E-state index contributed by atoms with van der Waals surface area (Å²) in [6.07, 6.45) is 1.64. The summed E-state index contributed by atoms with van der Waals surface area (Å²) in [7, 11) is 0. The Kier molecular flexibility index (Phi) is 3.73. The van der Waals surface area contributed by atoms with E-state index in [-0.39, 0.29) is 11.3 Å². The van der Waals surface area contributed by atoms with Crippen LogP contribution in [0.4, 0.5) is 5.69 Å². The standard InChI is InChI=1S/C12H8N4O2S/c1-8-4-5-14-12(15-8)19-10-2-3-11(16(17)18)9(6-10)7-13/h2-6H,1H3. The summed E-state index contributed by atoms with van der Waals surface area (Å²) < 4.78 is 0. The number of hydrogen-bond acceptors (Lipinski definition) is 6. The van der Waals surface area contributed by atoms with Crippen LogP contribution in [0.3, 0.4) is 0 Å². The molecular formula is C12H8N4O2S. The zero-order valence-electron chi connectivity index (χ0n) is 9.90. The monoisotopic (exact) mass is 272 g/mol. The van der Waals surface area contributed by atoms with Crippen molar-refractivity contribution in [1.29, 1.82) is 5.26 Å². The molecule has 0 aliphatic rings. The Morgan fingerprint density at radius 1 is 1.42 bits per heavy atom. The van der Waals surface area contributed by atoms with E-state index in [2.05, 4.69) is 9.97 Å². The van der Waals surface area contributed by atoms with Crippen molar-refractivity contribution in [2.45, 2.75) is 17.0 Å². The van der Waals surface area contributed by atoms with E-state index in [0.29, 0.717) is 10.1 Å². The van der Waals surface area contributed by atoms with Crippen LogP contribution in [0, 0.1) is 28.4 Å². The number of nitro groups is 1. The van der Waals surface area contributed by atoms with Crippen molar-refractivity contribution in [3.63, 3.8) is 0 Å². The van der Waals surface area contributed by atoms with E-state index in [0.717, 1.165) is 5.69 Å². The Morgan fingerprint density at radius 3 is 2.84 bits per heavy atom. The summed E-state index contributed by atoms with van der Waals surface area (Å²) in [5, 5.41) is 20.2. The molecule has 0 amide bonds. The Hall–Kier alpha value is -2.46. The molecule has 0 aliphatic heterocycles. The van der Waals surface area contributed by atoms with Crippen molar-refractivity contribution in [1.82, 2.24) is 9.97 Å². The van der Waals surface area contributed by atoms with Gasteiger partial charge in [0, 0.05) is 22.9 Å². The minimum Gasteiger partial charge on any atom is -0.258 e. The molecule has 0 radical (unpaired) electrons. The van der Waals surface area contributed by atoms with Crippen molar-refractivity contribution in [3.8, 4) is 6.07 Å². The summed E-state index contributed by atoms with van der Waals surface area (Å²) in [6, 6.07) is 7.96. The Morgan fingerprint density at radius 2 is 2.21 bits per heavy atom. The Balaban J connectivity index is 2.32. The molecular weight excluding hydrogens is 264 g/mol. The highest BCUT2D eigenvalue weighted by Crippen LogP contribution is 2.28. The molecule has 1 aromatic heterocycles. The number of nitro benzene ring substituents is 1. The number of aryl methyl sites for hydroxylation is 1. The first-order chi connectivity index (χ1) is 9.10. The van der Waals surface area contributed by atoms with E-state index in [1.807, 2.05) is 13.0 Å². The number of rotatable bonds is 3. The smallest absolute Gasteiger partial charge is 0.258 e. The van der Waals surface area contributed by atoms with Crippen LogP contribution in [-0.2, 0) is 0 Å². The predicted molar refractivity (Wildman–Crippen MR) is 68.7 cm³/mol. The van der Waals surface area contributed by atoms with Crippen LogP contribution in [0.25, 0.3) is 0 Å². The highest BCUT2D eigenvalue weighted by atomic mass is 32.2. The average Bonchev–Trinajstić information content (AvgIpc) is 2.38. The molecule has 1 aromatic carbocycles. The van der Waals surface area contributed by atoms with Gasteiger partial charge in [-0.2, -0.15) is 5.26 Å². The summed E-state index contributed by atoms with van der Waals surface area (Å²) in [6.45, 7) is 1.85. The second kappa shape index (κ2) is 5.46. The summed E-state index contributed by atoms with van der Waals surface area (Å²) in [5.74, 6) is 0. The molecule has 0 bridgehead atoms.